The van der Waals surface area contributed by atoms with Gasteiger partial charge in [-0.05, 0) is 23.3 Å². The molecule has 0 saturated carbocycles. The maximum absolute atomic E-state index is 12.3. The van der Waals surface area contributed by atoms with Crippen LogP contribution >= 0.6 is 11.6 Å². The summed E-state index contributed by atoms with van der Waals surface area (Å²) in [6.45, 7) is 5.47. The van der Waals surface area contributed by atoms with E-state index in [1.165, 1.54) is 5.56 Å². The van der Waals surface area contributed by atoms with Crippen molar-refractivity contribution < 1.29 is 4.79 Å². The van der Waals surface area contributed by atoms with E-state index in [2.05, 4.69) is 34.5 Å². The molecule has 4 nitrogen and oxygen atoms in total. The summed E-state index contributed by atoms with van der Waals surface area (Å²) in [7, 11) is 0. The molecule has 2 aromatic rings. The van der Waals surface area contributed by atoms with Gasteiger partial charge in [0.15, 0.2) is 0 Å². The van der Waals surface area contributed by atoms with E-state index in [1.807, 2.05) is 35.2 Å². The van der Waals surface area contributed by atoms with E-state index in [-0.39, 0.29) is 5.91 Å². The van der Waals surface area contributed by atoms with Gasteiger partial charge in [0.1, 0.15) is 0 Å². The molecular weight excluding hydrogens is 334 g/mol. The molecule has 0 aromatic heterocycles. The lowest BCUT2D eigenvalue weighted by Gasteiger charge is -2.34. The van der Waals surface area contributed by atoms with Crippen molar-refractivity contribution in [2.24, 2.45) is 0 Å². The summed E-state index contributed by atoms with van der Waals surface area (Å²) in [6.07, 6.45) is 0. The predicted octanol–water partition coefficient (Wildman–Crippen LogP) is 2.77. The highest BCUT2D eigenvalue weighted by Crippen LogP contribution is 2.10. The standard InChI is InChI=1S/C20H24ClN3O/c21-19-8-6-17(7-9-19)14-22-15-20(25)24-12-10-23(11-13-24)16-18-4-2-1-3-5-18/h1-9,22H,10-16H2. The van der Waals surface area contributed by atoms with Crippen molar-refractivity contribution >= 4 is 17.5 Å². The molecule has 132 valence electrons. The zero-order chi connectivity index (χ0) is 17.5. The predicted molar refractivity (Wildman–Crippen MR) is 101 cm³/mol. The molecule has 0 bridgehead atoms. The molecule has 1 aliphatic rings. The Bertz CT molecular complexity index is 667. The largest absolute Gasteiger partial charge is 0.339 e. The second kappa shape index (κ2) is 8.99. The molecule has 0 aliphatic carbocycles. The van der Waals surface area contributed by atoms with E-state index < -0.39 is 0 Å². The van der Waals surface area contributed by atoms with Gasteiger partial charge in [-0.25, -0.2) is 0 Å². The molecule has 0 radical (unpaired) electrons. The fourth-order valence-electron chi connectivity index (χ4n) is 3.02. The van der Waals surface area contributed by atoms with Gasteiger partial charge in [0.25, 0.3) is 0 Å². The fourth-order valence-corrected chi connectivity index (χ4v) is 3.15. The quantitative estimate of drug-likeness (QED) is 0.863. The van der Waals surface area contributed by atoms with Gasteiger partial charge in [-0.3, -0.25) is 9.69 Å². The number of carbonyl (C=O) groups is 1. The molecule has 2 aromatic carbocycles. The minimum absolute atomic E-state index is 0.174. The summed E-state index contributed by atoms with van der Waals surface area (Å²) >= 11 is 5.88. The SMILES string of the molecule is O=C(CNCc1ccc(Cl)cc1)N1CCN(Cc2ccccc2)CC1. The van der Waals surface area contributed by atoms with Crippen molar-refractivity contribution in [2.45, 2.75) is 13.1 Å². The number of nitrogens with one attached hydrogen (secondary N) is 1. The molecule has 1 heterocycles. The van der Waals surface area contributed by atoms with Crippen LogP contribution in [0.3, 0.4) is 0 Å². The molecule has 1 fully saturated rings. The Morgan fingerprint density at radius 1 is 0.920 bits per heavy atom. The van der Waals surface area contributed by atoms with Gasteiger partial charge >= 0.3 is 0 Å². The van der Waals surface area contributed by atoms with Crippen LogP contribution in [0, 0.1) is 0 Å². The molecular formula is C20H24ClN3O. The number of rotatable bonds is 6. The molecule has 1 N–H and O–H groups in total. The van der Waals surface area contributed by atoms with E-state index in [1.54, 1.807) is 0 Å². The second-order valence-electron chi connectivity index (χ2n) is 6.37. The molecule has 25 heavy (non-hydrogen) atoms. The maximum Gasteiger partial charge on any atom is 0.236 e. The minimum Gasteiger partial charge on any atom is -0.339 e. The first kappa shape index (κ1) is 17.9. The molecule has 0 spiro atoms. The van der Waals surface area contributed by atoms with E-state index in [0.29, 0.717) is 13.1 Å². The van der Waals surface area contributed by atoms with Crippen LogP contribution in [0.1, 0.15) is 11.1 Å². The molecule has 1 saturated heterocycles. The van der Waals surface area contributed by atoms with E-state index in [9.17, 15) is 4.79 Å². The van der Waals surface area contributed by atoms with Gasteiger partial charge < -0.3 is 10.2 Å². The van der Waals surface area contributed by atoms with Crippen molar-refractivity contribution in [1.29, 1.82) is 0 Å². The Morgan fingerprint density at radius 3 is 2.28 bits per heavy atom. The summed E-state index contributed by atoms with van der Waals surface area (Å²) in [5, 5.41) is 3.95. The average molecular weight is 358 g/mol. The number of halogens is 1. The molecule has 1 aliphatic heterocycles. The van der Waals surface area contributed by atoms with Crippen LogP contribution in [-0.4, -0.2) is 48.4 Å². The van der Waals surface area contributed by atoms with E-state index in [4.69, 9.17) is 11.6 Å². The zero-order valence-electron chi connectivity index (χ0n) is 14.3. The number of amides is 1. The van der Waals surface area contributed by atoms with Crippen LogP contribution in [0.25, 0.3) is 0 Å². The van der Waals surface area contributed by atoms with Gasteiger partial charge in [-0.1, -0.05) is 54.1 Å². The van der Waals surface area contributed by atoms with Gasteiger partial charge in [0.2, 0.25) is 5.91 Å². The lowest BCUT2D eigenvalue weighted by molar-refractivity contribution is -0.132. The van der Waals surface area contributed by atoms with Gasteiger partial charge in [-0.15, -0.1) is 0 Å². The Balaban J connectivity index is 1.37. The second-order valence-corrected chi connectivity index (χ2v) is 6.81. The first-order chi connectivity index (χ1) is 12.2. The van der Waals surface area contributed by atoms with E-state index >= 15 is 0 Å². The Kier molecular flexibility index (Phi) is 6.45. The third kappa shape index (κ3) is 5.56. The van der Waals surface area contributed by atoms with E-state index in [0.717, 1.165) is 43.3 Å². The van der Waals surface area contributed by atoms with Crippen LogP contribution in [0.2, 0.25) is 5.02 Å². The first-order valence-corrected chi connectivity index (χ1v) is 9.08. The molecule has 5 heteroatoms. The van der Waals surface area contributed by atoms with Gasteiger partial charge in [0, 0.05) is 44.3 Å². The number of piperazine rings is 1. The first-order valence-electron chi connectivity index (χ1n) is 8.70. The van der Waals surface area contributed by atoms with Crippen LogP contribution in [-0.2, 0) is 17.9 Å². The Morgan fingerprint density at radius 2 is 1.60 bits per heavy atom. The molecule has 1 amide bonds. The van der Waals surface area contributed by atoms with Crippen molar-refractivity contribution in [3.63, 3.8) is 0 Å². The lowest BCUT2D eigenvalue weighted by Crippen LogP contribution is -2.50. The summed E-state index contributed by atoms with van der Waals surface area (Å²) in [5.74, 6) is 0.174. The number of benzene rings is 2. The maximum atomic E-state index is 12.3. The van der Waals surface area contributed by atoms with Crippen molar-refractivity contribution in [2.75, 3.05) is 32.7 Å². The van der Waals surface area contributed by atoms with Crippen LogP contribution in [0.5, 0.6) is 0 Å². The number of carbonyl (C=O) groups excluding carboxylic acids is 1. The number of hydrogen-bond acceptors (Lipinski definition) is 3. The highest BCUT2D eigenvalue weighted by atomic mass is 35.5. The Hall–Kier alpha value is -1.88. The fraction of sp³-hybridized carbons (Fsp3) is 0.350. The number of nitrogens with zero attached hydrogens (tertiary/aromatic N) is 2. The third-order valence-electron chi connectivity index (χ3n) is 4.49. The monoisotopic (exact) mass is 357 g/mol. The summed E-state index contributed by atoms with van der Waals surface area (Å²) < 4.78 is 0. The van der Waals surface area contributed by atoms with Gasteiger partial charge in [-0.2, -0.15) is 0 Å². The molecule has 0 unspecified atom stereocenters. The minimum atomic E-state index is 0.174. The normalized spacial score (nSPS) is 15.3. The summed E-state index contributed by atoms with van der Waals surface area (Å²) in [6, 6.07) is 18.2. The molecule has 3 rings (SSSR count). The highest BCUT2D eigenvalue weighted by Gasteiger charge is 2.20. The van der Waals surface area contributed by atoms with Crippen LogP contribution in [0.4, 0.5) is 0 Å². The zero-order valence-corrected chi connectivity index (χ0v) is 15.1. The Labute approximate surface area is 154 Å². The highest BCUT2D eigenvalue weighted by molar-refractivity contribution is 6.30. The van der Waals surface area contributed by atoms with Crippen LogP contribution in [0.15, 0.2) is 54.6 Å². The van der Waals surface area contributed by atoms with Crippen molar-refractivity contribution in [1.82, 2.24) is 15.1 Å². The third-order valence-corrected chi connectivity index (χ3v) is 4.74. The summed E-state index contributed by atoms with van der Waals surface area (Å²) in [5.41, 5.74) is 2.46. The smallest absolute Gasteiger partial charge is 0.236 e. The van der Waals surface area contributed by atoms with Crippen LogP contribution < -0.4 is 5.32 Å². The number of hydrogen-bond donors (Lipinski definition) is 1. The van der Waals surface area contributed by atoms with Crippen molar-refractivity contribution in [3.05, 3.63) is 70.7 Å². The lowest BCUT2D eigenvalue weighted by atomic mass is 10.2. The molecule has 0 atom stereocenters. The average Bonchev–Trinajstić information content (AvgIpc) is 2.65. The van der Waals surface area contributed by atoms with Crippen molar-refractivity contribution in [3.8, 4) is 0 Å². The summed E-state index contributed by atoms with van der Waals surface area (Å²) in [4.78, 5) is 16.7. The topological polar surface area (TPSA) is 35.6 Å². The van der Waals surface area contributed by atoms with Gasteiger partial charge in [0.05, 0.1) is 6.54 Å².